The highest BCUT2D eigenvalue weighted by atomic mass is 16.5. The van der Waals surface area contributed by atoms with Crippen LogP contribution in [0.5, 0.6) is 0 Å². The molecule has 0 aliphatic heterocycles. The quantitative estimate of drug-likeness (QED) is 0.227. The number of carbonyl (C=O) groups excluding carboxylic acids is 2. The summed E-state index contributed by atoms with van der Waals surface area (Å²) >= 11 is 0. The normalized spacial score (nSPS) is 10.6. The molecule has 0 aliphatic rings. The molecule has 25 heavy (non-hydrogen) atoms. The lowest BCUT2D eigenvalue weighted by molar-refractivity contribution is -0.445. The Balaban J connectivity index is 3.35. The monoisotopic (exact) mass is 361 g/mol. The predicted octanol–water partition coefficient (Wildman–Crippen LogP) is 0.229. The number of rotatable bonds is 17. The highest BCUT2D eigenvalue weighted by Gasteiger charge is 2.12. The van der Waals surface area contributed by atoms with Gasteiger partial charge in [0.2, 0.25) is 5.91 Å². The van der Waals surface area contributed by atoms with E-state index >= 15 is 0 Å². The SMILES string of the molecule is C=[N+](CCOCCOCC(=O)NCCOCCOCC)C(=O)CCC. The fraction of sp³-hybridized carbons (Fsp3) is 0.824. The molecule has 0 saturated carbocycles. The minimum Gasteiger partial charge on any atom is -0.379 e. The number of carbonyl (C=O) groups is 2. The van der Waals surface area contributed by atoms with Crippen molar-refractivity contribution in [2.75, 3.05) is 65.9 Å². The molecule has 1 N–H and O–H groups in total. The average molecular weight is 361 g/mol. The predicted molar refractivity (Wildman–Crippen MR) is 94.1 cm³/mol. The molecule has 0 saturated heterocycles. The lowest BCUT2D eigenvalue weighted by atomic mass is 10.3. The molecule has 0 aliphatic carbocycles. The molecule has 8 nitrogen and oxygen atoms in total. The van der Waals surface area contributed by atoms with Crippen molar-refractivity contribution < 1.29 is 33.1 Å². The van der Waals surface area contributed by atoms with Crippen LogP contribution in [0.3, 0.4) is 0 Å². The Hall–Kier alpha value is -1.35. The van der Waals surface area contributed by atoms with Gasteiger partial charge in [-0.05, 0) is 13.3 Å². The minimum absolute atomic E-state index is 0.0147. The molecule has 0 aromatic heterocycles. The fourth-order valence-corrected chi connectivity index (χ4v) is 1.73. The average Bonchev–Trinajstić information content (AvgIpc) is 2.60. The minimum atomic E-state index is -0.192. The molecule has 0 unspecified atom stereocenters. The Morgan fingerprint density at radius 1 is 0.920 bits per heavy atom. The lowest BCUT2D eigenvalue weighted by Gasteiger charge is -2.07. The van der Waals surface area contributed by atoms with E-state index in [1.807, 2.05) is 13.8 Å². The second-order valence-electron chi connectivity index (χ2n) is 5.23. The van der Waals surface area contributed by atoms with Crippen molar-refractivity contribution in [1.29, 1.82) is 0 Å². The first kappa shape index (κ1) is 23.6. The van der Waals surface area contributed by atoms with Crippen LogP contribution in [-0.2, 0) is 28.5 Å². The molecule has 0 heterocycles. The second-order valence-corrected chi connectivity index (χ2v) is 5.23. The van der Waals surface area contributed by atoms with Gasteiger partial charge in [-0.2, -0.15) is 4.58 Å². The summed E-state index contributed by atoms with van der Waals surface area (Å²) < 4.78 is 22.3. The summed E-state index contributed by atoms with van der Waals surface area (Å²) in [7, 11) is 0. The van der Waals surface area contributed by atoms with E-state index in [2.05, 4.69) is 12.0 Å². The fourth-order valence-electron chi connectivity index (χ4n) is 1.73. The topological polar surface area (TPSA) is 86.1 Å². The molecule has 0 radical (unpaired) electrons. The first-order valence-corrected chi connectivity index (χ1v) is 8.80. The summed E-state index contributed by atoms with van der Waals surface area (Å²) in [6, 6.07) is 0. The Morgan fingerprint density at radius 3 is 2.24 bits per heavy atom. The number of hydrogen-bond acceptors (Lipinski definition) is 6. The second kappa shape index (κ2) is 17.5. The summed E-state index contributed by atoms with van der Waals surface area (Å²) in [4.78, 5) is 23.0. The Kier molecular flexibility index (Phi) is 16.5. The number of hydrogen-bond donors (Lipinski definition) is 1. The van der Waals surface area contributed by atoms with Crippen molar-refractivity contribution in [3.63, 3.8) is 0 Å². The molecule has 0 fully saturated rings. The molecular weight excluding hydrogens is 328 g/mol. The highest BCUT2D eigenvalue weighted by molar-refractivity contribution is 5.77. The summed E-state index contributed by atoms with van der Waals surface area (Å²) in [5, 5.41) is 2.69. The molecule has 146 valence electrons. The van der Waals surface area contributed by atoms with Gasteiger partial charge < -0.3 is 24.3 Å². The van der Waals surface area contributed by atoms with Crippen LogP contribution >= 0.6 is 0 Å². The van der Waals surface area contributed by atoms with Crippen molar-refractivity contribution in [3.05, 3.63) is 0 Å². The number of nitrogens with one attached hydrogen (secondary N) is 1. The zero-order valence-corrected chi connectivity index (χ0v) is 15.6. The summed E-state index contributed by atoms with van der Waals surface area (Å²) in [5.74, 6) is -0.177. The smallest absolute Gasteiger partial charge is 0.379 e. The van der Waals surface area contributed by atoms with Crippen LogP contribution in [-0.4, -0.2) is 89.1 Å². The third kappa shape index (κ3) is 15.9. The van der Waals surface area contributed by atoms with Crippen LogP contribution in [0.4, 0.5) is 0 Å². The third-order valence-corrected chi connectivity index (χ3v) is 3.07. The zero-order chi connectivity index (χ0) is 18.8. The molecule has 0 rings (SSSR count). The van der Waals surface area contributed by atoms with E-state index in [0.717, 1.165) is 6.42 Å². The third-order valence-electron chi connectivity index (χ3n) is 3.07. The molecule has 0 bridgehead atoms. The molecule has 8 heteroatoms. The zero-order valence-electron chi connectivity index (χ0n) is 15.6. The Labute approximate surface area is 150 Å². The van der Waals surface area contributed by atoms with Gasteiger partial charge in [-0.1, -0.05) is 6.92 Å². The van der Waals surface area contributed by atoms with Crippen LogP contribution in [0, 0.1) is 0 Å². The maximum Gasteiger partial charge on any atom is 0.386 e. The van der Waals surface area contributed by atoms with Gasteiger partial charge in [-0.15, -0.1) is 0 Å². The van der Waals surface area contributed by atoms with Crippen molar-refractivity contribution in [2.45, 2.75) is 26.7 Å². The van der Waals surface area contributed by atoms with E-state index in [1.54, 1.807) is 0 Å². The first-order valence-electron chi connectivity index (χ1n) is 8.80. The van der Waals surface area contributed by atoms with E-state index < -0.39 is 0 Å². The first-order chi connectivity index (χ1) is 12.1. The van der Waals surface area contributed by atoms with Crippen molar-refractivity contribution in [1.82, 2.24) is 5.32 Å². The van der Waals surface area contributed by atoms with Gasteiger partial charge in [0.1, 0.15) is 19.9 Å². The molecular formula is C17H33N2O6+. The summed E-state index contributed by atoms with van der Waals surface area (Å²) in [6.07, 6.45) is 1.31. The molecule has 0 atom stereocenters. The number of ether oxygens (including phenoxy) is 4. The van der Waals surface area contributed by atoms with E-state index in [4.69, 9.17) is 18.9 Å². The van der Waals surface area contributed by atoms with Crippen LogP contribution in [0.1, 0.15) is 26.7 Å². The molecule has 2 amide bonds. The summed E-state index contributed by atoms with van der Waals surface area (Å²) in [6.45, 7) is 11.7. The summed E-state index contributed by atoms with van der Waals surface area (Å²) in [5.41, 5.74) is 0. The molecule has 0 spiro atoms. The van der Waals surface area contributed by atoms with Crippen LogP contribution in [0.2, 0.25) is 0 Å². The molecule has 0 aromatic carbocycles. The van der Waals surface area contributed by atoms with Gasteiger partial charge in [0.05, 0.1) is 39.5 Å². The number of amides is 2. The molecule has 0 aromatic rings. The van der Waals surface area contributed by atoms with Crippen molar-refractivity contribution in [2.24, 2.45) is 0 Å². The Bertz CT molecular complexity index is 376. The highest BCUT2D eigenvalue weighted by Crippen LogP contribution is 1.90. The number of nitrogens with zero attached hydrogens (tertiary/aromatic N) is 1. The van der Waals surface area contributed by atoms with Crippen molar-refractivity contribution in [3.8, 4) is 0 Å². The van der Waals surface area contributed by atoms with Gasteiger partial charge in [-0.25, -0.2) is 4.79 Å². The van der Waals surface area contributed by atoms with Gasteiger partial charge in [0.15, 0.2) is 6.54 Å². The van der Waals surface area contributed by atoms with Crippen LogP contribution < -0.4 is 5.32 Å². The van der Waals surface area contributed by atoms with E-state index in [1.165, 1.54) is 4.58 Å². The largest absolute Gasteiger partial charge is 0.386 e. The maximum absolute atomic E-state index is 11.5. The Morgan fingerprint density at radius 2 is 1.56 bits per heavy atom. The van der Waals surface area contributed by atoms with E-state index in [9.17, 15) is 9.59 Å². The maximum atomic E-state index is 11.5. The van der Waals surface area contributed by atoms with Gasteiger partial charge >= 0.3 is 5.91 Å². The lowest BCUT2D eigenvalue weighted by Crippen LogP contribution is -2.31. The van der Waals surface area contributed by atoms with Gasteiger partial charge in [0.25, 0.3) is 0 Å². The van der Waals surface area contributed by atoms with Gasteiger partial charge in [0, 0.05) is 13.2 Å². The van der Waals surface area contributed by atoms with Crippen LogP contribution in [0.25, 0.3) is 0 Å². The van der Waals surface area contributed by atoms with Gasteiger partial charge in [-0.3, -0.25) is 4.79 Å². The van der Waals surface area contributed by atoms with E-state index in [-0.39, 0.29) is 18.4 Å². The van der Waals surface area contributed by atoms with Crippen LogP contribution in [0.15, 0.2) is 0 Å². The van der Waals surface area contributed by atoms with Crippen molar-refractivity contribution >= 4 is 18.5 Å². The van der Waals surface area contributed by atoms with E-state index in [0.29, 0.717) is 65.8 Å². The standard InChI is InChI=1S/C17H32N2O6/c1-4-6-17(21)19(3)8-10-24-13-14-25-15-16(20)18-7-9-23-12-11-22-5-2/h3-15H2,1-2H3/p+1.